The number of hydrogen-bond acceptors (Lipinski definition) is 6. The number of fused-ring (bicyclic) bond motifs is 1. The Morgan fingerprint density at radius 3 is 3.05 bits per heavy atom. The second-order valence-corrected chi connectivity index (χ2v) is 4.61. The van der Waals surface area contributed by atoms with Crippen LogP contribution in [0.25, 0.3) is 11.1 Å². The molecule has 3 rings (SSSR count). The van der Waals surface area contributed by atoms with Gasteiger partial charge in [-0.05, 0) is 12.5 Å². The summed E-state index contributed by atoms with van der Waals surface area (Å²) in [6.45, 7) is 0.512. The maximum Gasteiger partial charge on any atom is 0.295 e. The SMILES string of the molecule is O=C1CCC(Nc2nc3cc([N+](=O)[O-])ccc3o2)CN1. The van der Waals surface area contributed by atoms with Gasteiger partial charge in [-0.3, -0.25) is 14.9 Å². The normalized spacial score (nSPS) is 18.8. The van der Waals surface area contributed by atoms with Crippen molar-refractivity contribution in [3.05, 3.63) is 28.3 Å². The Morgan fingerprint density at radius 2 is 2.35 bits per heavy atom. The Morgan fingerprint density at radius 1 is 1.50 bits per heavy atom. The van der Waals surface area contributed by atoms with Crippen molar-refractivity contribution in [2.45, 2.75) is 18.9 Å². The molecule has 0 spiro atoms. The minimum absolute atomic E-state index is 0.0257. The molecule has 104 valence electrons. The molecule has 2 N–H and O–H groups in total. The maximum atomic E-state index is 11.1. The van der Waals surface area contributed by atoms with Gasteiger partial charge in [0, 0.05) is 31.1 Å². The second kappa shape index (κ2) is 4.80. The Labute approximate surface area is 113 Å². The lowest BCUT2D eigenvalue weighted by atomic mass is 10.1. The number of rotatable bonds is 3. The van der Waals surface area contributed by atoms with E-state index in [4.69, 9.17) is 4.42 Å². The molecule has 1 aliphatic heterocycles. The van der Waals surface area contributed by atoms with Crippen LogP contribution in [0.15, 0.2) is 22.6 Å². The number of hydrogen-bond donors (Lipinski definition) is 2. The molecule has 1 aromatic heterocycles. The summed E-state index contributed by atoms with van der Waals surface area (Å²) in [5.41, 5.74) is 0.891. The van der Waals surface area contributed by atoms with Gasteiger partial charge < -0.3 is 15.1 Å². The van der Waals surface area contributed by atoms with E-state index in [1.54, 1.807) is 0 Å². The molecule has 1 atom stereocenters. The zero-order valence-corrected chi connectivity index (χ0v) is 10.5. The van der Waals surface area contributed by atoms with E-state index in [9.17, 15) is 14.9 Å². The third-order valence-electron chi connectivity index (χ3n) is 3.18. The number of nitrogens with one attached hydrogen (secondary N) is 2. The number of non-ortho nitro benzene ring substituents is 1. The quantitative estimate of drug-likeness (QED) is 0.648. The highest BCUT2D eigenvalue weighted by Gasteiger charge is 2.20. The summed E-state index contributed by atoms with van der Waals surface area (Å²) in [5, 5.41) is 16.5. The summed E-state index contributed by atoms with van der Waals surface area (Å²) < 4.78 is 5.47. The second-order valence-electron chi connectivity index (χ2n) is 4.61. The minimum atomic E-state index is -0.474. The molecular weight excluding hydrogens is 264 g/mol. The van der Waals surface area contributed by atoms with Crippen LogP contribution in [-0.2, 0) is 4.79 Å². The fourth-order valence-corrected chi connectivity index (χ4v) is 2.12. The van der Waals surface area contributed by atoms with Gasteiger partial charge in [0.1, 0.15) is 5.52 Å². The molecule has 8 heteroatoms. The first-order valence-corrected chi connectivity index (χ1v) is 6.20. The van der Waals surface area contributed by atoms with Crippen molar-refractivity contribution < 1.29 is 14.1 Å². The van der Waals surface area contributed by atoms with E-state index in [0.29, 0.717) is 36.5 Å². The number of nitrogens with zero attached hydrogens (tertiary/aromatic N) is 2. The lowest BCUT2D eigenvalue weighted by Gasteiger charge is -2.22. The molecule has 1 unspecified atom stereocenters. The number of piperidine rings is 1. The fraction of sp³-hybridized carbons (Fsp3) is 0.333. The minimum Gasteiger partial charge on any atom is -0.424 e. The molecule has 1 aliphatic rings. The number of oxazole rings is 1. The molecule has 2 aromatic rings. The molecule has 2 heterocycles. The smallest absolute Gasteiger partial charge is 0.295 e. The van der Waals surface area contributed by atoms with Crippen LogP contribution in [0.5, 0.6) is 0 Å². The van der Waals surface area contributed by atoms with Gasteiger partial charge in [-0.2, -0.15) is 4.98 Å². The Bertz CT molecular complexity index is 671. The molecule has 1 saturated heterocycles. The van der Waals surface area contributed by atoms with Crippen LogP contribution < -0.4 is 10.6 Å². The number of benzene rings is 1. The van der Waals surface area contributed by atoms with Crippen LogP contribution in [0, 0.1) is 10.1 Å². The van der Waals surface area contributed by atoms with Crippen molar-refractivity contribution >= 4 is 28.7 Å². The van der Waals surface area contributed by atoms with Crippen LogP contribution in [-0.4, -0.2) is 28.4 Å². The number of nitro benzene ring substituents is 1. The highest BCUT2D eigenvalue weighted by Crippen LogP contribution is 2.24. The third-order valence-corrected chi connectivity index (χ3v) is 3.18. The zero-order valence-electron chi connectivity index (χ0n) is 10.5. The molecule has 1 amide bonds. The number of aromatic nitrogens is 1. The summed E-state index contributed by atoms with van der Waals surface area (Å²) in [5.74, 6) is 0.0382. The van der Waals surface area contributed by atoms with Gasteiger partial charge in [-0.25, -0.2) is 0 Å². The maximum absolute atomic E-state index is 11.1. The van der Waals surface area contributed by atoms with Crippen molar-refractivity contribution in [3.8, 4) is 0 Å². The van der Waals surface area contributed by atoms with Crippen molar-refractivity contribution in [1.82, 2.24) is 10.3 Å². The molecular formula is C12H12N4O4. The molecule has 1 aromatic carbocycles. The van der Waals surface area contributed by atoms with Crippen molar-refractivity contribution in [3.63, 3.8) is 0 Å². The number of anilines is 1. The molecule has 0 bridgehead atoms. The molecule has 0 saturated carbocycles. The predicted octanol–water partition coefficient (Wildman–Crippen LogP) is 1.43. The topological polar surface area (TPSA) is 110 Å². The first kappa shape index (κ1) is 12.4. The average molecular weight is 276 g/mol. The van der Waals surface area contributed by atoms with Crippen molar-refractivity contribution in [2.75, 3.05) is 11.9 Å². The lowest BCUT2D eigenvalue weighted by molar-refractivity contribution is -0.384. The zero-order chi connectivity index (χ0) is 14.1. The van der Waals surface area contributed by atoms with E-state index in [1.807, 2.05) is 0 Å². The standard InChI is InChI=1S/C12H12N4O4/c17-11-4-1-7(6-13-11)14-12-15-9-5-8(16(18)19)2-3-10(9)20-12/h2-3,5,7H,1,4,6H2,(H,13,17)(H,14,15). The van der Waals surface area contributed by atoms with E-state index in [0.717, 1.165) is 0 Å². The summed E-state index contributed by atoms with van der Waals surface area (Å²) in [4.78, 5) is 25.5. The van der Waals surface area contributed by atoms with Gasteiger partial charge in [-0.15, -0.1) is 0 Å². The number of amides is 1. The highest BCUT2D eigenvalue weighted by molar-refractivity contribution is 5.78. The van der Waals surface area contributed by atoms with Crippen LogP contribution in [0.1, 0.15) is 12.8 Å². The molecule has 8 nitrogen and oxygen atoms in total. The molecule has 0 aliphatic carbocycles. The summed E-state index contributed by atoms with van der Waals surface area (Å²) in [6.07, 6.45) is 1.16. The van der Waals surface area contributed by atoms with Gasteiger partial charge in [-0.1, -0.05) is 0 Å². The highest BCUT2D eigenvalue weighted by atomic mass is 16.6. The van der Waals surface area contributed by atoms with Gasteiger partial charge in [0.25, 0.3) is 11.7 Å². The Kier molecular flexibility index (Phi) is 2.97. The third kappa shape index (κ3) is 2.40. The number of carbonyl (C=O) groups is 1. The number of nitro groups is 1. The first-order valence-electron chi connectivity index (χ1n) is 6.20. The van der Waals surface area contributed by atoms with E-state index in [-0.39, 0.29) is 17.6 Å². The summed E-state index contributed by atoms with van der Waals surface area (Å²) in [7, 11) is 0. The van der Waals surface area contributed by atoms with Crippen molar-refractivity contribution in [2.24, 2.45) is 0 Å². The first-order chi connectivity index (χ1) is 9.61. The van der Waals surface area contributed by atoms with Crippen molar-refractivity contribution in [1.29, 1.82) is 0 Å². The van der Waals surface area contributed by atoms with Crippen LogP contribution in [0.3, 0.4) is 0 Å². The van der Waals surface area contributed by atoms with Crippen LogP contribution >= 0.6 is 0 Å². The lowest BCUT2D eigenvalue weighted by Crippen LogP contribution is -2.41. The Balaban J connectivity index is 1.78. The largest absolute Gasteiger partial charge is 0.424 e. The average Bonchev–Trinajstić information content (AvgIpc) is 2.82. The molecule has 20 heavy (non-hydrogen) atoms. The summed E-state index contributed by atoms with van der Waals surface area (Å²) >= 11 is 0. The van der Waals surface area contributed by atoms with E-state index < -0.39 is 4.92 Å². The monoisotopic (exact) mass is 276 g/mol. The van der Waals surface area contributed by atoms with E-state index >= 15 is 0 Å². The van der Waals surface area contributed by atoms with Gasteiger partial charge >= 0.3 is 0 Å². The molecule has 1 fully saturated rings. The van der Waals surface area contributed by atoms with E-state index in [2.05, 4.69) is 15.6 Å². The van der Waals surface area contributed by atoms with Gasteiger partial charge in [0.2, 0.25) is 5.91 Å². The Hall–Kier alpha value is -2.64. The van der Waals surface area contributed by atoms with Gasteiger partial charge in [0.05, 0.1) is 4.92 Å². The fourth-order valence-electron chi connectivity index (χ4n) is 2.12. The summed E-state index contributed by atoms with van der Waals surface area (Å²) in [6, 6.07) is 4.62. The predicted molar refractivity (Wildman–Crippen MR) is 70.3 cm³/mol. The number of carbonyl (C=O) groups excluding carboxylic acids is 1. The van der Waals surface area contributed by atoms with E-state index in [1.165, 1.54) is 18.2 Å². The molecule has 0 radical (unpaired) electrons. The van der Waals surface area contributed by atoms with Crippen LogP contribution in [0.2, 0.25) is 0 Å². The van der Waals surface area contributed by atoms with Gasteiger partial charge in [0.15, 0.2) is 5.58 Å². The van der Waals surface area contributed by atoms with Crippen LogP contribution in [0.4, 0.5) is 11.7 Å².